The average Bonchev–Trinajstić information content (AvgIpc) is 2.33. The van der Waals surface area contributed by atoms with E-state index in [0.29, 0.717) is 0 Å². The molecule has 1 N–H and O–H groups in total. The molecule has 1 nitrogen and oxygen atoms in total. The summed E-state index contributed by atoms with van der Waals surface area (Å²) in [7, 11) is 0. The molecule has 1 aromatic rings. The Morgan fingerprint density at radius 2 is 2.12 bits per heavy atom. The molecule has 0 aliphatic carbocycles. The minimum Gasteiger partial charge on any atom is -0.310 e. The number of hydrogen-bond acceptors (Lipinski definition) is 1. The van der Waals surface area contributed by atoms with Crippen LogP contribution in [0.4, 0.5) is 8.78 Å². The van der Waals surface area contributed by atoms with Crippen LogP contribution in [0.15, 0.2) is 30.9 Å². The summed E-state index contributed by atoms with van der Waals surface area (Å²) in [5, 5.41) is 3.33. The van der Waals surface area contributed by atoms with Gasteiger partial charge in [-0.25, -0.2) is 8.78 Å². The van der Waals surface area contributed by atoms with Crippen molar-refractivity contribution in [1.82, 2.24) is 5.32 Å². The molecule has 0 saturated heterocycles. The van der Waals surface area contributed by atoms with E-state index in [9.17, 15) is 8.78 Å². The summed E-state index contributed by atoms with van der Waals surface area (Å²) in [5.74, 6) is -1.59. The summed E-state index contributed by atoms with van der Waals surface area (Å²) in [5.41, 5.74) is 0.791. The van der Waals surface area contributed by atoms with Gasteiger partial charge in [-0.2, -0.15) is 0 Å². The van der Waals surface area contributed by atoms with Gasteiger partial charge in [0.1, 0.15) is 0 Å². The lowest BCUT2D eigenvalue weighted by Gasteiger charge is -2.18. The molecule has 0 aromatic heterocycles. The molecule has 0 radical (unpaired) electrons. The molecule has 3 heteroatoms. The third-order valence-corrected chi connectivity index (χ3v) is 2.65. The van der Waals surface area contributed by atoms with Gasteiger partial charge in [-0.3, -0.25) is 0 Å². The van der Waals surface area contributed by atoms with Crippen LogP contribution in [0.1, 0.15) is 37.8 Å². The van der Waals surface area contributed by atoms with Gasteiger partial charge in [-0.1, -0.05) is 19.1 Å². The lowest BCUT2D eigenvalue weighted by atomic mass is 10.0. The van der Waals surface area contributed by atoms with E-state index in [4.69, 9.17) is 0 Å². The minimum absolute atomic E-state index is 0.0584. The lowest BCUT2D eigenvalue weighted by molar-refractivity contribution is 0.483. The highest BCUT2D eigenvalue weighted by Crippen LogP contribution is 2.20. The zero-order chi connectivity index (χ0) is 12.7. The van der Waals surface area contributed by atoms with Crippen molar-refractivity contribution in [2.24, 2.45) is 0 Å². The molecule has 1 aromatic carbocycles. The Morgan fingerprint density at radius 1 is 1.35 bits per heavy atom. The maximum atomic E-state index is 13.2. The lowest BCUT2D eigenvalue weighted by Crippen LogP contribution is -2.22. The monoisotopic (exact) mass is 239 g/mol. The normalized spacial score (nSPS) is 12.4. The Kier molecular flexibility index (Phi) is 5.84. The Morgan fingerprint density at radius 3 is 2.71 bits per heavy atom. The smallest absolute Gasteiger partial charge is 0.159 e. The van der Waals surface area contributed by atoms with Gasteiger partial charge in [-0.15, -0.1) is 6.58 Å². The highest BCUT2D eigenvalue weighted by atomic mass is 19.2. The van der Waals surface area contributed by atoms with Crippen molar-refractivity contribution < 1.29 is 8.78 Å². The van der Waals surface area contributed by atoms with E-state index in [1.165, 1.54) is 12.1 Å². The molecular formula is C14H19F2N. The largest absolute Gasteiger partial charge is 0.310 e. The molecule has 0 saturated carbocycles. The second-order valence-corrected chi connectivity index (χ2v) is 4.05. The quantitative estimate of drug-likeness (QED) is 0.710. The van der Waals surface area contributed by atoms with Gasteiger partial charge in [-0.05, 0) is 43.5 Å². The summed E-state index contributed by atoms with van der Waals surface area (Å²) in [6.45, 7) is 6.61. The molecule has 1 unspecified atom stereocenters. The molecular weight excluding hydrogens is 220 g/mol. The summed E-state index contributed by atoms with van der Waals surface area (Å²) >= 11 is 0. The van der Waals surface area contributed by atoms with Crippen molar-refractivity contribution in [3.8, 4) is 0 Å². The second kappa shape index (κ2) is 7.17. The summed E-state index contributed by atoms with van der Waals surface area (Å²) < 4.78 is 26.0. The van der Waals surface area contributed by atoms with E-state index in [-0.39, 0.29) is 6.04 Å². The van der Waals surface area contributed by atoms with Gasteiger partial charge in [0.15, 0.2) is 11.6 Å². The van der Waals surface area contributed by atoms with Crippen molar-refractivity contribution in [3.63, 3.8) is 0 Å². The van der Waals surface area contributed by atoms with Crippen LogP contribution in [-0.4, -0.2) is 6.54 Å². The van der Waals surface area contributed by atoms with Crippen LogP contribution < -0.4 is 5.32 Å². The first-order chi connectivity index (χ1) is 8.19. The Labute approximate surface area is 102 Å². The average molecular weight is 239 g/mol. The van der Waals surface area contributed by atoms with Gasteiger partial charge < -0.3 is 5.32 Å². The molecule has 0 amide bonds. The Hall–Kier alpha value is -1.22. The van der Waals surface area contributed by atoms with Gasteiger partial charge in [0.05, 0.1) is 0 Å². The SMILES string of the molecule is C=CCCC(NCCC)c1ccc(F)c(F)c1. The number of nitrogens with one attached hydrogen (secondary N) is 1. The van der Waals surface area contributed by atoms with E-state index < -0.39 is 11.6 Å². The predicted molar refractivity (Wildman–Crippen MR) is 66.8 cm³/mol. The predicted octanol–water partition coefficient (Wildman–Crippen LogP) is 3.97. The maximum absolute atomic E-state index is 13.2. The number of allylic oxidation sites excluding steroid dienone is 1. The van der Waals surface area contributed by atoms with Crippen molar-refractivity contribution in [2.75, 3.05) is 6.54 Å². The van der Waals surface area contributed by atoms with E-state index >= 15 is 0 Å². The summed E-state index contributed by atoms with van der Waals surface area (Å²) in [6.07, 6.45) is 4.53. The molecule has 1 atom stereocenters. The van der Waals surface area contributed by atoms with Crippen LogP contribution in [0.5, 0.6) is 0 Å². The van der Waals surface area contributed by atoms with Crippen molar-refractivity contribution >= 4 is 0 Å². The fraction of sp³-hybridized carbons (Fsp3) is 0.429. The highest BCUT2D eigenvalue weighted by molar-refractivity contribution is 5.21. The van der Waals surface area contributed by atoms with Crippen molar-refractivity contribution in [2.45, 2.75) is 32.2 Å². The van der Waals surface area contributed by atoms with Crippen LogP contribution in [0.3, 0.4) is 0 Å². The number of halogens is 2. The molecule has 0 heterocycles. The minimum atomic E-state index is -0.799. The third-order valence-electron chi connectivity index (χ3n) is 2.65. The highest BCUT2D eigenvalue weighted by Gasteiger charge is 2.12. The molecule has 94 valence electrons. The fourth-order valence-electron chi connectivity index (χ4n) is 1.72. The van der Waals surface area contributed by atoms with Crippen LogP contribution in [0.2, 0.25) is 0 Å². The molecule has 17 heavy (non-hydrogen) atoms. The van der Waals surface area contributed by atoms with Gasteiger partial charge >= 0.3 is 0 Å². The second-order valence-electron chi connectivity index (χ2n) is 4.05. The summed E-state index contributed by atoms with van der Waals surface area (Å²) in [4.78, 5) is 0. The third kappa shape index (κ3) is 4.27. The molecule has 0 aliphatic heterocycles. The molecule has 0 spiro atoms. The van der Waals surface area contributed by atoms with E-state index in [1.807, 2.05) is 6.08 Å². The van der Waals surface area contributed by atoms with Crippen molar-refractivity contribution in [1.29, 1.82) is 0 Å². The molecule has 0 bridgehead atoms. The van der Waals surface area contributed by atoms with Crippen LogP contribution in [0.25, 0.3) is 0 Å². The first kappa shape index (κ1) is 13.8. The van der Waals surface area contributed by atoms with Gasteiger partial charge in [0.2, 0.25) is 0 Å². The van der Waals surface area contributed by atoms with Crippen LogP contribution in [-0.2, 0) is 0 Å². The van der Waals surface area contributed by atoms with Crippen molar-refractivity contribution in [3.05, 3.63) is 48.1 Å². The first-order valence-corrected chi connectivity index (χ1v) is 5.98. The number of hydrogen-bond donors (Lipinski definition) is 1. The molecule has 0 fully saturated rings. The van der Waals surface area contributed by atoms with Crippen LogP contribution in [0, 0.1) is 11.6 Å². The zero-order valence-corrected chi connectivity index (χ0v) is 10.2. The van der Waals surface area contributed by atoms with Crippen LogP contribution >= 0.6 is 0 Å². The topological polar surface area (TPSA) is 12.0 Å². The standard InChI is InChI=1S/C14H19F2N/c1-3-5-6-14(17-9-4-2)11-7-8-12(15)13(16)10-11/h3,7-8,10,14,17H,1,4-6,9H2,2H3. The number of rotatable bonds is 7. The number of benzene rings is 1. The summed E-state index contributed by atoms with van der Waals surface area (Å²) in [6, 6.07) is 4.14. The Balaban J connectivity index is 2.78. The van der Waals surface area contributed by atoms with E-state index in [2.05, 4.69) is 18.8 Å². The first-order valence-electron chi connectivity index (χ1n) is 5.98. The molecule has 1 rings (SSSR count). The fourth-order valence-corrected chi connectivity index (χ4v) is 1.72. The Bertz CT molecular complexity index is 363. The van der Waals surface area contributed by atoms with E-state index in [0.717, 1.165) is 31.4 Å². The zero-order valence-electron chi connectivity index (χ0n) is 10.2. The maximum Gasteiger partial charge on any atom is 0.159 e. The van der Waals surface area contributed by atoms with E-state index in [1.54, 1.807) is 6.07 Å². The van der Waals surface area contributed by atoms with Gasteiger partial charge in [0, 0.05) is 6.04 Å². The van der Waals surface area contributed by atoms with Gasteiger partial charge in [0.25, 0.3) is 0 Å². The molecule has 0 aliphatic rings.